The molecule has 4 heterocycles. The Morgan fingerprint density at radius 2 is 1.50 bits per heavy atom. The standard InChI is InChI=1S/C22H36N6/c1-22(2,3)19-8-9-20-23-24-21(28(20)25-19)18-10-14-27(15-11-18)17-16-26-12-6-4-5-7-13-26/h8-9,18H,4-7,10-17H2,1-3H3. The summed E-state index contributed by atoms with van der Waals surface area (Å²) < 4.78 is 2.00. The van der Waals surface area contributed by atoms with Crippen LogP contribution in [-0.4, -0.2) is 68.9 Å². The predicted octanol–water partition coefficient (Wildman–Crippen LogP) is 3.48. The van der Waals surface area contributed by atoms with Crippen molar-refractivity contribution in [3.8, 4) is 0 Å². The van der Waals surface area contributed by atoms with Crippen LogP contribution in [0.5, 0.6) is 0 Å². The fourth-order valence-electron chi connectivity index (χ4n) is 4.52. The molecule has 2 aromatic rings. The van der Waals surface area contributed by atoms with Gasteiger partial charge in [-0.1, -0.05) is 33.6 Å². The van der Waals surface area contributed by atoms with E-state index in [9.17, 15) is 0 Å². The SMILES string of the molecule is CC(C)(C)c1ccc2nnc(C3CCN(CCN4CCCCCC4)CC3)n2n1. The average Bonchev–Trinajstić information content (AvgIpc) is 2.93. The minimum atomic E-state index is 0.0342. The quantitative estimate of drug-likeness (QED) is 0.808. The highest BCUT2D eigenvalue weighted by Crippen LogP contribution is 2.28. The van der Waals surface area contributed by atoms with E-state index in [2.05, 4.69) is 52.9 Å². The van der Waals surface area contributed by atoms with Gasteiger partial charge in [0.2, 0.25) is 0 Å². The highest BCUT2D eigenvalue weighted by Gasteiger charge is 2.26. The van der Waals surface area contributed by atoms with Crippen LogP contribution in [0.3, 0.4) is 0 Å². The van der Waals surface area contributed by atoms with Crippen molar-refractivity contribution in [2.24, 2.45) is 0 Å². The molecule has 0 radical (unpaired) electrons. The molecule has 6 heteroatoms. The fourth-order valence-corrected chi connectivity index (χ4v) is 4.52. The van der Waals surface area contributed by atoms with Crippen molar-refractivity contribution in [1.29, 1.82) is 0 Å². The second-order valence-corrected chi connectivity index (χ2v) is 9.67. The zero-order valence-electron chi connectivity index (χ0n) is 17.9. The Morgan fingerprint density at radius 1 is 0.857 bits per heavy atom. The lowest BCUT2D eigenvalue weighted by atomic mass is 9.92. The Kier molecular flexibility index (Phi) is 5.97. The molecule has 0 unspecified atom stereocenters. The van der Waals surface area contributed by atoms with Gasteiger partial charge in [0.1, 0.15) is 0 Å². The van der Waals surface area contributed by atoms with E-state index < -0.39 is 0 Å². The van der Waals surface area contributed by atoms with Crippen molar-refractivity contribution in [3.05, 3.63) is 23.7 Å². The number of hydrogen-bond acceptors (Lipinski definition) is 5. The van der Waals surface area contributed by atoms with E-state index in [0.717, 1.165) is 43.1 Å². The third kappa shape index (κ3) is 4.54. The van der Waals surface area contributed by atoms with Gasteiger partial charge in [-0.05, 0) is 64.0 Å². The average molecular weight is 385 g/mol. The van der Waals surface area contributed by atoms with Crippen LogP contribution in [0, 0.1) is 0 Å². The summed E-state index contributed by atoms with van der Waals surface area (Å²) in [6.45, 7) is 14.0. The maximum atomic E-state index is 4.88. The van der Waals surface area contributed by atoms with E-state index in [0.29, 0.717) is 5.92 Å². The third-order valence-corrected chi connectivity index (χ3v) is 6.44. The van der Waals surface area contributed by atoms with E-state index in [-0.39, 0.29) is 5.41 Å². The molecule has 28 heavy (non-hydrogen) atoms. The normalized spacial score (nSPS) is 21.2. The number of nitrogens with zero attached hydrogens (tertiary/aromatic N) is 6. The Balaban J connectivity index is 1.36. The van der Waals surface area contributed by atoms with Crippen molar-refractivity contribution < 1.29 is 0 Å². The second-order valence-electron chi connectivity index (χ2n) is 9.67. The number of rotatable bonds is 4. The Labute approximate surface area is 169 Å². The van der Waals surface area contributed by atoms with Crippen molar-refractivity contribution in [1.82, 2.24) is 29.6 Å². The molecule has 2 aliphatic heterocycles. The van der Waals surface area contributed by atoms with Crippen LogP contribution in [-0.2, 0) is 5.41 Å². The smallest absolute Gasteiger partial charge is 0.177 e. The monoisotopic (exact) mass is 384 g/mol. The highest BCUT2D eigenvalue weighted by molar-refractivity contribution is 5.37. The molecule has 0 N–H and O–H groups in total. The van der Waals surface area contributed by atoms with E-state index in [4.69, 9.17) is 5.10 Å². The summed E-state index contributed by atoms with van der Waals surface area (Å²) in [6.07, 6.45) is 7.90. The largest absolute Gasteiger partial charge is 0.302 e. The van der Waals surface area contributed by atoms with Gasteiger partial charge in [-0.25, -0.2) is 0 Å². The molecule has 0 spiro atoms. The molecule has 0 atom stereocenters. The molecular weight excluding hydrogens is 348 g/mol. The lowest BCUT2D eigenvalue weighted by molar-refractivity contribution is 0.172. The van der Waals surface area contributed by atoms with Crippen molar-refractivity contribution >= 4 is 5.65 Å². The maximum absolute atomic E-state index is 4.88. The molecule has 6 nitrogen and oxygen atoms in total. The van der Waals surface area contributed by atoms with Gasteiger partial charge in [-0.3, -0.25) is 0 Å². The summed E-state index contributed by atoms with van der Waals surface area (Å²) in [5.74, 6) is 1.51. The summed E-state index contributed by atoms with van der Waals surface area (Å²) in [5, 5.41) is 13.8. The molecule has 0 aromatic carbocycles. The maximum Gasteiger partial charge on any atom is 0.177 e. The molecular formula is C22H36N6. The fraction of sp³-hybridized carbons (Fsp3) is 0.773. The molecule has 2 saturated heterocycles. The molecule has 0 bridgehead atoms. The van der Waals surface area contributed by atoms with Crippen molar-refractivity contribution in [2.75, 3.05) is 39.3 Å². The topological polar surface area (TPSA) is 49.6 Å². The first-order valence-electron chi connectivity index (χ1n) is 11.2. The van der Waals surface area contributed by atoms with Crippen LogP contribution in [0.25, 0.3) is 5.65 Å². The van der Waals surface area contributed by atoms with Gasteiger partial charge >= 0.3 is 0 Å². The van der Waals surface area contributed by atoms with Gasteiger partial charge in [-0.15, -0.1) is 10.2 Å². The number of fused-ring (bicyclic) bond motifs is 1. The Morgan fingerprint density at radius 3 is 2.14 bits per heavy atom. The third-order valence-electron chi connectivity index (χ3n) is 6.44. The minimum absolute atomic E-state index is 0.0342. The second kappa shape index (κ2) is 8.46. The van der Waals surface area contributed by atoms with Gasteiger partial charge < -0.3 is 9.80 Å². The first-order valence-corrected chi connectivity index (χ1v) is 11.2. The van der Waals surface area contributed by atoms with E-state index in [1.54, 1.807) is 0 Å². The van der Waals surface area contributed by atoms with Crippen LogP contribution >= 0.6 is 0 Å². The number of likely N-dealkylation sites (tertiary alicyclic amines) is 2. The summed E-state index contributed by atoms with van der Waals surface area (Å²) in [5.41, 5.74) is 1.99. The predicted molar refractivity (Wildman–Crippen MR) is 113 cm³/mol. The van der Waals surface area contributed by atoms with Gasteiger partial charge in [0.25, 0.3) is 0 Å². The molecule has 2 aliphatic rings. The number of hydrogen-bond donors (Lipinski definition) is 0. The van der Waals surface area contributed by atoms with E-state index in [1.165, 1.54) is 51.9 Å². The van der Waals surface area contributed by atoms with Crippen molar-refractivity contribution in [2.45, 2.75) is 70.6 Å². The lowest BCUT2D eigenvalue weighted by Gasteiger charge is -2.32. The van der Waals surface area contributed by atoms with E-state index >= 15 is 0 Å². The number of piperidine rings is 1. The lowest BCUT2D eigenvalue weighted by Crippen LogP contribution is -2.40. The van der Waals surface area contributed by atoms with Gasteiger partial charge in [-0.2, -0.15) is 9.61 Å². The summed E-state index contributed by atoms with van der Waals surface area (Å²) in [6, 6.07) is 4.14. The number of aromatic nitrogens is 4. The molecule has 2 fully saturated rings. The van der Waals surface area contributed by atoms with Gasteiger partial charge in [0.15, 0.2) is 11.5 Å². The zero-order chi connectivity index (χ0) is 19.6. The van der Waals surface area contributed by atoms with Gasteiger partial charge in [0, 0.05) is 24.4 Å². The first kappa shape index (κ1) is 19.8. The van der Waals surface area contributed by atoms with E-state index in [1.807, 2.05) is 4.52 Å². The van der Waals surface area contributed by atoms with Crippen LogP contribution < -0.4 is 0 Å². The highest BCUT2D eigenvalue weighted by atomic mass is 15.4. The molecule has 0 aliphatic carbocycles. The summed E-state index contributed by atoms with van der Waals surface area (Å²) >= 11 is 0. The molecule has 0 saturated carbocycles. The van der Waals surface area contributed by atoms with Crippen molar-refractivity contribution in [3.63, 3.8) is 0 Å². The molecule has 4 rings (SSSR count). The molecule has 2 aromatic heterocycles. The Bertz CT molecular complexity index is 761. The zero-order valence-corrected chi connectivity index (χ0v) is 17.9. The summed E-state index contributed by atoms with van der Waals surface area (Å²) in [7, 11) is 0. The van der Waals surface area contributed by atoms with Gasteiger partial charge in [0.05, 0.1) is 5.69 Å². The Hall–Kier alpha value is -1.53. The first-order chi connectivity index (χ1) is 13.5. The molecule has 0 amide bonds. The van der Waals surface area contributed by atoms with Crippen LogP contribution in [0.4, 0.5) is 0 Å². The molecule has 154 valence electrons. The van der Waals surface area contributed by atoms with Crippen LogP contribution in [0.2, 0.25) is 0 Å². The minimum Gasteiger partial charge on any atom is -0.302 e. The van der Waals surface area contributed by atoms with Crippen LogP contribution in [0.15, 0.2) is 12.1 Å². The van der Waals surface area contributed by atoms with Crippen LogP contribution in [0.1, 0.15) is 76.7 Å². The summed E-state index contributed by atoms with van der Waals surface area (Å²) in [4.78, 5) is 5.31.